The molecule has 1 aliphatic carbocycles. The lowest BCUT2D eigenvalue weighted by molar-refractivity contribution is -0.131. The zero-order valence-corrected chi connectivity index (χ0v) is 13.0. The van der Waals surface area contributed by atoms with Crippen LogP contribution in [0.3, 0.4) is 0 Å². The SMILES string of the molecule is O=C(O)/C=C/C1=C2C(=O)C(O)C=C(O)C2=CN(c2ccc(O)cc2)C1. The molecular formula is C18H15NO6. The fraction of sp³-hybridized carbons (Fsp3) is 0.111. The zero-order valence-electron chi connectivity index (χ0n) is 13.0. The van der Waals surface area contributed by atoms with Gasteiger partial charge in [0.25, 0.3) is 0 Å². The number of aliphatic hydroxyl groups is 2. The number of rotatable bonds is 3. The topological polar surface area (TPSA) is 118 Å². The Morgan fingerprint density at radius 1 is 1.20 bits per heavy atom. The quantitative estimate of drug-likeness (QED) is 0.614. The van der Waals surface area contributed by atoms with E-state index < -0.39 is 17.9 Å². The van der Waals surface area contributed by atoms with E-state index in [9.17, 15) is 24.9 Å². The lowest BCUT2D eigenvalue weighted by Crippen LogP contribution is -2.34. The number of Topliss-reactive ketones (excluding diaryl/α,β-unsaturated/α-hetero) is 1. The summed E-state index contributed by atoms with van der Waals surface area (Å²) in [6, 6.07) is 6.28. The van der Waals surface area contributed by atoms with E-state index in [4.69, 9.17) is 5.11 Å². The number of anilines is 1. The molecular weight excluding hydrogens is 326 g/mol. The van der Waals surface area contributed by atoms with E-state index in [1.807, 2.05) is 0 Å². The third-order valence-corrected chi connectivity index (χ3v) is 3.93. The molecule has 7 nitrogen and oxygen atoms in total. The van der Waals surface area contributed by atoms with E-state index in [2.05, 4.69) is 0 Å². The number of hydrogen-bond donors (Lipinski definition) is 4. The van der Waals surface area contributed by atoms with Gasteiger partial charge < -0.3 is 25.3 Å². The summed E-state index contributed by atoms with van der Waals surface area (Å²) in [5, 5.41) is 38.2. The van der Waals surface area contributed by atoms with Gasteiger partial charge in [0.05, 0.1) is 0 Å². The van der Waals surface area contributed by atoms with Gasteiger partial charge in [-0.2, -0.15) is 0 Å². The Bertz CT molecular complexity index is 860. The Balaban J connectivity index is 2.11. The molecule has 0 bridgehead atoms. The number of carboxylic acid groups (broad SMARTS) is 1. The molecule has 0 saturated carbocycles. The number of aromatic hydroxyl groups is 1. The fourth-order valence-corrected chi connectivity index (χ4v) is 2.77. The molecule has 1 aliphatic heterocycles. The number of fused-ring (bicyclic) bond motifs is 1. The minimum Gasteiger partial charge on any atom is -0.508 e. The maximum atomic E-state index is 12.3. The highest BCUT2D eigenvalue weighted by Gasteiger charge is 2.34. The smallest absolute Gasteiger partial charge is 0.328 e. The molecule has 0 spiro atoms. The molecule has 3 rings (SSSR count). The van der Waals surface area contributed by atoms with E-state index in [1.165, 1.54) is 18.2 Å². The minimum absolute atomic E-state index is 0.0920. The van der Waals surface area contributed by atoms with Crippen LogP contribution in [0, 0.1) is 0 Å². The number of carboxylic acids is 1. The van der Waals surface area contributed by atoms with Crippen molar-refractivity contribution in [3.63, 3.8) is 0 Å². The Labute approximate surface area is 142 Å². The van der Waals surface area contributed by atoms with Gasteiger partial charge in [0.2, 0.25) is 0 Å². The summed E-state index contributed by atoms with van der Waals surface area (Å²) in [6.45, 7) is 0.166. The average Bonchev–Trinajstić information content (AvgIpc) is 2.58. The molecule has 1 unspecified atom stereocenters. The van der Waals surface area contributed by atoms with Crippen LogP contribution < -0.4 is 4.90 Å². The lowest BCUT2D eigenvalue weighted by atomic mass is 9.85. The van der Waals surface area contributed by atoms with Crippen LogP contribution >= 0.6 is 0 Å². The van der Waals surface area contributed by atoms with Crippen LogP contribution in [-0.4, -0.2) is 44.8 Å². The van der Waals surface area contributed by atoms with E-state index in [1.54, 1.807) is 23.2 Å². The number of hydrogen-bond acceptors (Lipinski definition) is 6. The maximum absolute atomic E-state index is 12.3. The summed E-state index contributed by atoms with van der Waals surface area (Å²) in [4.78, 5) is 24.9. The summed E-state index contributed by atoms with van der Waals surface area (Å²) in [7, 11) is 0. The second kappa shape index (κ2) is 6.29. The molecule has 4 N–H and O–H groups in total. The molecule has 128 valence electrons. The van der Waals surface area contributed by atoms with Crippen molar-refractivity contribution < 1.29 is 30.0 Å². The van der Waals surface area contributed by atoms with Crippen LogP contribution in [0.1, 0.15) is 0 Å². The van der Waals surface area contributed by atoms with Crippen molar-refractivity contribution in [2.75, 3.05) is 11.4 Å². The molecule has 25 heavy (non-hydrogen) atoms. The van der Waals surface area contributed by atoms with E-state index >= 15 is 0 Å². The van der Waals surface area contributed by atoms with Crippen molar-refractivity contribution in [2.45, 2.75) is 6.10 Å². The monoisotopic (exact) mass is 341 g/mol. The van der Waals surface area contributed by atoms with Gasteiger partial charge in [-0.3, -0.25) is 4.79 Å². The predicted octanol–water partition coefficient (Wildman–Crippen LogP) is 1.42. The Morgan fingerprint density at radius 3 is 2.52 bits per heavy atom. The van der Waals surface area contributed by atoms with E-state index in [0.29, 0.717) is 11.3 Å². The van der Waals surface area contributed by atoms with Crippen molar-refractivity contribution in [3.8, 4) is 5.75 Å². The van der Waals surface area contributed by atoms with Gasteiger partial charge in [0, 0.05) is 35.7 Å². The summed E-state index contributed by atoms with van der Waals surface area (Å²) >= 11 is 0. The standard InChI is InChI=1S/C18H15NO6/c20-12-4-2-11(3-5-12)19-8-10(1-6-16(23)24)17-13(9-19)14(21)7-15(22)18(17)25/h1-7,9,15,20-22H,8H2,(H,23,24)/b6-1+. The summed E-state index contributed by atoms with van der Waals surface area (Å²) in [5.41, 5.74) is 1.34. The number of nitrogens with zero attached hydrogens (tertiary/aromatic N) is 1. The molecule has 7 heteroatoms. The first-order chi connectivity index (χ1) is 11.9. The first-order valence-electron chi connectivity index (χ1n) is 7.42. The number of benzene rings is 1. The first-order valence-corrected chi connectivity index (χ1v) is 7.42. The molecule has 0 fully saturated rings. The van der Waals surface area contributed by atoms with Crippen LogP contribution in [-0.2, 0) is 9.59 Å². The number of phenols is 1. The largest absolute Gasteiger partial charge is 0.508 e. The molecule has 0 saturated heterocycles. The highest BCUT2D eigenvalue weighted by Crippen LogP contribution is 2.35. The highest BCUT2D eigenvalue weighted by atomic mass is 16.4. The Kier molecular flexibility index (Phi) is 4.16. The van der Waals surface area contributed by atoms with Crippen LogP contribution in [0.25, 0.3) is 0 Å². The normalized spacial score (nSPS) is 20.4. The first kappa shape index (κ1) is 16.5. The average molecular weight is 341 g/mol. The summed E-state index contributed by atoms with van der Waals surface area (Å²) in [5.74, 6) is -1.94. The molecule has 2 aliphatic rings. The van der Waals surface area contributed by atoms with Gasteiger partial charge in [-0.1, -0.05) is 0 Å². The number of aliphatic carboxylic acids is 1. The Morgan fingerprint density at radius 2 is 1.88 bits per heavy atom. The second-order valence-electron chi connectivity index (χ2n) is 5.62. The van der Waals surface area contributed by atoms with Crippen molar-refractivity contribution in [1.29, 1.82) is 0 Å². The number of phenolic OH excluding ortho intramolecular Hbond substituents is 1. The van der Waals surface area contributed by atoms with Gasteiger partial charge in [-0.15, -0.1) is 0 Å². The number of aliphatic hydroxyl groups excluding tert-OH is 2. The maximum Gasteiger partial charge on any atom is 0.328 e. The molecule has 1 aromatic rings. The van der Waals surface area contributed by atoms with E-state index in [-0.39, 0.29) is 29.2 Å². The van der Waals surface area contributed by atoms with Crippen LogP contribution in [0.5, 0.6) is 5.75 Å². The Hall–Kier alpha value is -3.32. The summed E-state index contributed by atoms with van der Waals surface area (Å²) in [6.07, 6.45) is 3.29. The molecule has 0 amide bonds. The van der Waals surface area contributed by atoms with Crippen LogP contribution in [0.2, 0.25) is 0 Å². The summed E-state index contributed by atoms with van der Waals surface area (Å²) < 4.78 is 0. The van der Waals surface area contributed by atoms with Crippen molar-refractivity contribution in [2.24, 2.45) is 0 Å². The second-order valence-corrected chi connectivity index (χ2v) is 5.62. The molecule has 0 aromatic heterocycles. The number of carbonyl (C=O) groups excluding carboxylic acids is 1. The van der Waals surface area contributed by atoms with Gasteiger partial charge in [0.1, 0.15) is 17.6 Å². The molecule has 1 aromatic carbocycles. The van der Waals surface area contributed by atoms with Crippen LogP contribution in [0.15, 0.2) is 71.2 Å². The van der Waals surface area contributed by atoms with Crippen molar-refractivity contribution >= 4 is 17.4 Å². The van der Waals surface area contributed by atoms with Gasteiger partial charge in [-0.25, -0.2) is 4.79 Å². The number of ketones is 1. The van der Waals surface area contributed by atoms with Crippen molar-refractivity contribution in [3.05, 3.63) is 71.2 Å². The fourth-order valence-electron chi connectivity index (χ4n) is 2.77. The van der Waals surface area contributed by atoms with Gasteiger partial charge in [-0.05, 0) is 42.0 Å². The minimum atomic E-state index is -1.47. The molecule has 1 heterocycles. The lowest BCUT2D eigenvalue weighted by Gasteiger charge is -2.31. The van der Waals surface area contributed by atoms with Gasteiger partial charge >= 0.3 is 5.97 Å². The van der Waals surface area contributed by atoms with Crippen LogP contribution in [0.4, 0.5) is 5.69 Å². The zero-order chi connectivity index (χ0) is 18.1. The number of carbonyl (C=O) groups is 2. The number of allylic oxidation sites excluding steroid dienone is 1. The highest BCUT2D eigenvalue weighted by molar-refractivity contribution is 6.08. The van der Waals surface area contributed by atoms with Crippen molar-refractivity contribution in [1.82, 2.24) is 0 Å². The van der Waals surface area contributed by atoms with E-state index in [0.717, 1.165) is 12.2 Å². The third kappa shape index (κ3) is 3.17. The predicted molar refractivity (Wildman–Crippen MR) is 89.1 cm³/mol. The molecule has 1 atom stereocenters. The molecule has 0 radical (unpaired) electrons. The van der Waals surface area contributed by atoms with Gasteiger partial charge in [0.15, 0.2) is 5.78 Å². The third-order valence-electron chi connectivity index (χ3n) is 3.93.